The van der Waals surface area contributed by atoms with E-state index in [1.54, 1.807) is 16.4 Å². The van der Waals surface area contributed by atoms with E-state index in [1.807, 2.05) is 26.4 Å². The molecule has 18 heavy (non-hydrogen) atoms. The smallest absolute Gasteiger partial charge is 0.237 e. The standard InChI is InChI=1S/C12H20N4OS/c1-12(11(13)17,15-9-3-4-9)5-6-18-10-7-14-16(2)8-10/h7-9,15H,3-6H2,1-2H3,(H2,13,17). The molecule has 0 saturated heterocycles. The first-order valence-electron chi connectivity index (χ1n) is 6.19. The molecule has 0 bridgehead atoms. The van der Waals surface area contributed by atoms with E-state index in [2.05, 4.69) is 10.4 Å². The Balaban J connectivity index is 1.83. The summed E-state index contributed by atoms with van der Waals surface area (Å²) >= 11 is 1.70. The van der Waals surface area contributed by atoms with E-state index in [0.717, 1.165) is 29.9 Å². The highest BCUT2D eigenvalue weighted by molar-refractivity contribution is 7.99. The summed E-state index contributed by atoms with van der Waals surface area (Å²) in [5.41, 5.74) is 4.92. The topological polar surface area (TPSA) is 72.9 Å². The third kappa shape index (κ3) is 3.49. The normalized spacial score (nSPS) is 18.6. The molecule has 3 N–H and O–H groups in total. The van der Waals surface area contributed by atoms with Crippen molar-refractivity contribution in [2.45, 2.75) is 42.7 Å². The molecule has 0 aromatic carbocycles. The second-order valence-corrected chi connectivity index (χ2v) is 6.23. The van der Waals surface area contributed by atoms with Gasteiger partial charge in [-0.15, -0.1) is 11.8 Å². The second kappa shape index (κ2) is 5.32. The van der Waals surface area contributed by atoms with Crippen molar-refractivity contribution in [1.29, 1.82) is 0 Å². The number of hydrogen-bond acceptors (Lipinski definition) is 4. The molecule has 5 nitrogen and oxygen atoms in total. The van der Waals surface area contributed by atoms with Crippen molar-refractivity contribution in [1.82, 2.24) is 15.1 Å². The number of hydrogen-bond donors (Lipinski definition) is 2. The van der Waals surface area contributed by atoms with Gasteiger partial charge in [-0.1, -0.05) is 0 Å². The molecule has 0 radical (unpaired) electrons. The highest BCUT2D eigenvalue weighted by atomic mass is 32.2. The minimum Gasteiger partial charge on any atom is -0.368 e. The highest BCUT2D eigenvalue weighted by Crippen LogP contribution is 2.26. The first kappa shape index (κ1) is 13.4. The predicted octanol–water partition coefficient (Wildman–Crippen LogP) is 0.898. The van der Waals surface area contributed by atoms with Gasteiger partial charge in [-0.05, 0) is 26.2 Å². The summed E-state index contributed by atoms with van der Waals surface area (Å²) in [5, 5.41) is 7.46. The summed E-state index contributed by atoms with van der Waals surface area (Å²) in [6, 6.07) is 0.478. The van der Waals surface area contributed by atoms with Crippen molar-refractivity contribution in [3.8, 4) is 0 Å². The van der Waals surface area contributed by atoms with E-state index in [-0.39, 0.29) is 5.91 Å². The van der Waals surface area contributed by atoms with Crippen molar-refractivity contribution in [3.63, 3.8) is 0 Å². The average Bonchev–Trinajstić information content (AvgIpc) is 3.00. The Bertz CT molecular complexity index is 429. The maximum absolute atomic E-state index is 11.6. The fourth-order valence-electron chi connectivity index (χ4n) is 1.79. The molecule has 1 aromatic rings. The van der Waals surface area contributed by atoms with E-state index in [1.165, 1.54) is 0 Å². The van der Waals surface area contributed by atoms with Gasteiger partial charge >= 0.3 is 0 Å². The number of thioether (sulfide) groups is 1. The molecule has 0 spiro atoms. The van der Waals surface area contributed by atoms with Crippen LogP contribution < -0.4 is 11.1 Å². The zero-order valence-electron chi connectivity index (χ0n) is 10.8. The Morgan fingerprint density at radius 3 is 2.94 bits per heavy atom. The number of nitrogens with zero attached hydrogens (tertiary/aromatic N) is 2. The number of nitrogens with one attached hydrogen (secondary N) is 1. The lowest BCUT2D eigenvalue weighted by Gasteiger charge is -2.27. The van der Waals surface area contributed by atoms with E-state index in [9.17, 15) is 4.79 Å². The Morgan fingerprint density at radius 1 is 1.72 bits per heavy atom. The quantitative estimate of drug-likeness (QED) is 0.721. The fourth-order valence-corrected chi connectivity index (χ4v) is 2.89. The van der Waals surface area contributed by atoms with Crippen LogP contribution in [0.25, 0.3) is 0 Å². The van der Waals surface area contributed by atoms with Crippen LogP contribution in [0.3, 0.4) is 0 Å². The summed E-state index contributed by atoms with van der Waals surface area (Å²) in [6.07, 6.45) is 6.84. The SMILES string of the molecule is Cn1cc(SCCC(C)(NC2CC2)C(N)=O)cn1. The first-order valence-corrected chi connectivity index (χ1v) is 7.17. The van der Waals surface area contributed by atoms with E-state index >= 15 is 0 Å². The molecular formula is C12H20N4OS. The summed E-state index contributed by atoms with van der Waals surface area (Å²) in [4.78, 5) is 12.7. The van der Waals surface area contributed by atoms with E-state index in [0.29, 0.717) is 6.04 Å². The lowest BCUT2D eigenvalue weighted by Crippen LogP contribution is -2.54. The van der Waals surface area contributed by atoms with Gasteiger partial charge in [0.25, 0.3) is 0 Å². The lowest BCUT2D eigenvalue weighted by atomic mass is 9.98. The monoisotopic (exact) mass is 268 g/mol. The van der Waals surface area contributed by atoms with Gasteiger partial charge in [0, 0.05) is 29.9 Å². The Morgan fingerprint density at radius 2 is 2.44 bits per heavy atom. The van der Waals surface area contributed by atoms with Crippen molar-refractivity contribution in [3.05, 3.63) is 12.4 Å². The molecule has 1 amide bonds. The predicted molar refractivity (Wildman–Crippen MR) is 72.3 cm³/mol. The Labute approximate surface area is 111 Å². The van der Waals surface area contributed by atoms with Gasteiger partial charge in [0.15, 0.2) is 0 Å². The fraction of sp³-hybridized carbons (Fsp3) is 0.667. The summed E-state index contributed by atoms with van der Waals surface area (Å²) in [5.74, 6) is 0.589. The van der Waals surface area contributed by atoms with Crippen molar-refractivity contribution in [2.24, 2.45) is 12.8 Å². The maximum Gasteiger partial charge on any atom is 0.237 e. The van der Waals surface area contributed by atoms with Crippen LogP contribution in [0.1, 0.15) is 26.2 Å². The molecule has 1 aliphatic rings. The largest absolute Gasteiger partial charge is 0.368 e. The zero-order chi connectivity index (χ0) is 13.2. The molecule has 100 valence electrons. The van der Waals surface area contributed by atoms with Crippen LogP contribution in [-0.4, -0.2) is 33.0 Å². The number of primary amides is 1. The molecule has 1 saturated carbocycles. The number of carbonyl (C=O) groups is 1. The molecule has 1 heterocycles. The number of rotatable bonds is 7. The minimum absolute atomic E-state index is 0.263. The third-order valence-electron chi connectivity index (χ3n) is 3.20. The second-order valence-electron chi connectivity index (χ2n) is 5.06. The summed E-state index contributed by atoms with van der Waals surface area (Å²) in [6.45, 7) is 1.90. The molecule has 1 fully saturated rings. The van der Waals surface area contributed by atoms with Gasteiger partial charge in [-0.2, -0.15) is 5.10 Å². The third-order valence-corrected chi connectivity index (χ3v) is 4.15. The van der Waals surface area contributed by atoms with Crippen molar-refractivity contribution >= 4 is 17.7 Å². The molecule has 1 atom stereocenters. The van der Waals surface area contributed by atoms with Crippen molar-refractivity contribution in [2.75, 3.05) is 5.75 Å². The Hall–Kier alpha value is -1.01. The number of nitrogens with two attached hydrogens (primary N) is 1. The van der Waals surface area contributed by atoms with Crippen LogP contribution in [0.15, 0.2) is 17.3 Å². The van der Waals surface area contributed by atoms with E-state index in [4.69, 9.17) is 5.73 Å². The van der Waals surface area contributed by atoms with Crippen LogP contribution in [-0.2, 0) is 11.8 Å². The zero-order valence-corrected chi connectivity index (χ0v) is 11.7. The van der Waals surface area contributed by atoms with Gasteiger partial charge in [0.2, 0.25) is 5.91 Å². The molecule has 1 aromatic heterocycles. The van der Waals surface area contributed by atoms with Crippen molar-refractivity contribution < 1.29 is 4.79 Å². The van der Waals surface area contributed by atoms with Gasteiger partial charge < -0.3 is 11.1 Å². The van der Waals surface area contributed by atoms with Crippen LogP contribution in [0, 0.1) is 0 Å². The lowest BCUT2D eigenvalue weighted by molar-refractivity contribution is -0.124. The maximum atomic E-state index is 11.6. The number of aromatic nitrogens is 2. The minimum atomic E-state index is -0.587. The van der Waals surface area contributed by atoms with Crippen LogP contribution in [0.4, 0.5) is 0 Å². The Kier molecular flexibility index (Phi) is 3.97. The first-order chi connectivity index (χ1) is 8.49. The van der Waals surface area contributed by atoms with Gasteiger partial charge in [0.05, 0.1) is 11.7 Å². The molecule has 1 aliphatic carbocycles. The molecule has 2 rings (SSSR count). The van der Waals surface area contributed by atoms with E-state index < -0.39 is 5.54 Å². The van der Waals surface area contributed by atoms with Crippen LogP contribution in [0.5, 0.6) is 0 Å². The van der Waals surface area contributed by atoms with Gasteiger partial charge in [0.1, 0.15) is 0 Å². The average molecular weight is 268 g/mol. The molecule has 1 unspecified atom stereocenters. The number of amides is 1. The number of aryl methyl sites for hydroxylation is 1. The van der Waals surface area contributed by atoms with Gasteiger partial charge in [-0.3, -0.25) is 9.48 Å². The molecule has 0 aliphatic heterocycles. The number of carbonyl (C=O) groups excluding carboxylic acids is 1. The summed E-state index contributed by atoms with van der Waals surface area (Å²) in [7, 11) is 1.90. The van der Waals surface area contributed by atoms with Gasteiger partial charge in [-0.25, -0.2) is 0 Å². The van der Waals surface area contributed by atoms with Crippen LogP contribution >= 0.6 is 11.8 Å². The van der Waals surface area contributed by atoms with Crippen LogP contribution in [0.2, 0.25) is 0 Å². The molecule has 6 heteroatoms. The molecular weight excluding hydrogens is 248 g/mol. The highest BCUT2D eigenvalue weighted by Gasteiger charge is 2.36. The summed E-state index contributed by atoms with van der Waals surface area (Å²) < 4.78 is 1.78.